The minimum absolute atomic E-state index is 0.0746. The molecule has 0 aromatic carbocycles. The van der Waals surface area contributed by atoms with E-state index in [1.165, 1.54) is 4.90 Å². The number of carbonyl (C=O) groups excluding carboxylic acids is 1. The molecule has 1 N–H and O–H groups in total. The van der Waals surface area contributed by atoms with Gasteiger partial charge in [0.15, 0.2) is 16.6 Å². The van der Waals surface area contributed by atoms with Gasteiger partial charge < -0.3 is 4.84 Å². The summed E-state index contributed by atoms with van der Waals surface area (Å²) in [7, 11) is 0. The van der Waals surface area contributed by atoms with Crippen molar-refractivity contribution in [3.05, 3.63) is 35.9 Å². The molecule has 0 radical (unpaired) electrons. The molecule has 0 aliphatic carbocycles. The van der Waals surface area contributed by atoms with Crippen molar-refractivity contribution in [1.29, 1.82) is 0 Å². The minimum Gasteiger partial charge on any atom is -0.396 e. The first kappa shape index (κ1) is 24.6. The van der Waals surface area contributed by atoms with E-state index in [1.807, 2.05) is 0 Å². The fraction of sp³-hybridized carbons (Fsp3) is 0.368. The van der Waals surface area contributed by atoms with Gasteiger partial charge in [0.2, 0.25) is 6.20 Å². The van der Waals surface area contributed by atoms with Gasteiger partial charge in [0.05, 0.1) is 13.0 Å². The smallest absolute Gasteiger partial charge is 0.389 e. The zero-order chi connectivity index (χ0) is 22.9. The number of terminal acetylenes is 1. The van der Waals surface area contributed by atoms with Gasteiger partial charge in [0, 0.05) is 23.8 Å². The number of halogens is 4. The van der Waals surface area contributed by atoms with Crippen molar-refractivity contribution in [2.24, 2.45) is 5.16 Å². The number of carbonyl (C=O) groups is 1. The molecule has 2 aromatic rings. The maximum atomic E-state index is 13.1. The van der Waals surface area contributed by atoms with Crippen LogP contribution in [0.5, 0.6) is 0 Å². The molecule has 1 amide bonds. The highest BCUT2D eigenvalue weighted by atomic mass is 35.5. The molecule has 2 heterocycles. The predicted octanol–water partition coefficient (Wildman–Crippen LogP) is 3.38. The Labute approximate surface area is 186 Å². The van der Waals surface area contributed by atoms with Crippen molar-refractivity contribution in [2.45, 2.75) is 19.5 Å². The lowest BCUT2D eigenvalue weighted by atomic mass is 10.3. The summed E-state index contributed by atoms with van der Waals surface area (Å²) >= 11 is 7.21. The number of anilines is 1. The number of nitrogens with one attached hydrogen (secondary N) is 1. The molecule has 31 heavy (non-hydrogen) atoms. The van der Waals surface area contributed by atoms with Crippen LogP contribution in [0.2, 0.25) is 5.15 Å². The third kappa shape index (κ3) is 7.48. The van der Waals surface area contributed by atoms with Gasteiger partial charge in [0.25, 0.3) is 11.6 Å². The van der Waals surface area contributed by atoms with Gasteiger partial charge in [0.1, 0.15) is 12.8 Å². The summed E-state index contributed by atoms with van der Waals surface area (Å²) in [6.45, 7) is 1.72. The van der Waals surface area contributed by atoms with E-state index in [0.717, 1.165) is 11.8 Å². The molecular formula is C19H20ClF3N5O2S+. The second kappa shape index (κ2) is 11.6. The number of rotatable bonds is 10. The highest BCUT2D eigenvalue weighted by molar-refractivity contribution is 8.00. The number of hydrogen-bond acceptors (Lipinski definition) is 5. The van der Waals surface area contributed by atoms with Crippen LogP contribution in [0.3, 0.4) is 0 Å². The number of pyridine rings is 1. The number of aromatic nitrogens is 3. The molecule has 0 atom stereocenters. The van der Waals surface area contributed by atoms with E-state index < -0.39 is 18.5 Å². The Hall–Kier alpha value is -2.71. The number of aromatic amines is 1. The van der Waals surface area contributed by atoms with E-state index in [1.54, 1.807) is 42.3 Å². The molecule has 0 fully saturated rings. The summed E-state index contributed by atoms with van der Waals surface area (Å²) < 4.78 is 38.7. The van der Waals surface area contributed by atoms with E-state index in [9.17, 15) is 18.0 Å². The van der Waals surface area contributed by atoms with Gasteiger partial charge in [-0.3, -0.25) is 14.7 Å². The van der Waals surface area contributed by atoms with Gasteiger partial charge >= 0.3 is 6.18 Å². The Morgan fingerprint density at radius 3 is 2.90 bits per heavy atom. The van der Waals surface area contributed by atoms with Gasteiger partial charge in [-0.15, -0.1) is 11.5 Å². The average molecular weight is 475 g/mol. The van der Waals surface area contributed by atoms with Crippen molar-refractivity contribution >= 4 is 40.7 Å². The normalized spacial score (nSPS) is 11.8. The lowest BCUT2D eigenvalue weighted by molar-refractivity contribution is -0.655. The van der Waals surface area contributed by atoms with E-state index in [-0.39, 0.29) is 41.2 Å². The van der Waals surface area contributed by atoms with Gasteiger partial charge in [-0.25, -0.2) is 0 Å². The summed E-state index contributed by atoms with van der Waals surface area (Å²) in [5, 5.41) is 6.80. The van der Waals surface area contributed by atoms with Crippen LogP contribution in [0.15, 0.2) is 35.9 Å². The Morgan fingerprint density at radius 1 is 1.52 bits per heavy atom. The number of nitrogens with zero attached hydrogens (tertiary/aromatic N) is 4. The quantitative estimate of drug-likeness (QED) is 0.188. The molecule has 12 heteroatoms. The highest BCUT2D eigenvalue weighted by Gasteiger charge is 2.30. The number of H-pyrrole nitrogens is 1. The Bertz CT molecular complexity index is 944. The molecule has 0 spiro atoms. The minimum atomic E-state index is -4.28. The lowest BCUT2D eigenvalue weighted by Crippen LogP contribution is -2.39. The fourth-order valence-corrected chi connectivity index (χ4v) is 3.47. The number of oxime groups is 1. The van der Waals surface area contributed by atoms with Crippen LogP contribution in [-0.2, 0) is 9.63 Å². The number of alkyl halides is 3. The maximum absolute atomic E-state index is 13.1. The summed E-state index contributed by atoms with van der Waals surface area (Å²) in [6, 6.07) is 3.50. The highest BCUT2D eigenvalue weighted by Crippen LogP contribution is 2.25. The number of amides is 1. The standard InChI is InChI=1S/C19H19ClF3N5O2S/c1-3-9-27(16-12-28(25-17(16)20)14-6-5-8-24-11-14)18(29)15(26-30-4-2)13-31-10-7-19(21,22)23/h1,5-6,8,11-12H,4,7,9-10,13H2,2H3/p+1/b26-15+. The molecule has 0 saturated carbocycles. The van der Waals surface area contributed by atoms with E-state index in [4.69, 9.17) is 22.9 Å². The lowest BCUT2D eigenvalue weighted by Gasteiger charge is -2.18. The Morgan fingerprint density at radius 2 is 2.29 bits per heavy atom. The molecule has 0 aliphatic rings. The summed E-state index contributed by atoms with van der Waals surface area (Å²) in [6.07, 6.45) is 4.93. The van der Waals surface area contributed by atoms with Crippen molar-refractivity contribution in [2.75, 3.05) is 29.6 Å². The van der Waals surface area contributed by atoms with E-state index in [0.29, 0.717) is 5.69 Å². The summed E-state index contributed by atoms with van der Waals surface area (Å²) in [5.74, 6) is 1.46. The number of thioether (sulfide) groups is 1. The monoisotopic (exact) mass is 474 g/mol. The van der Waals surface area contributed by atoms with Crippen LogP contribution >= 0.6 is 23.4 Å². The largest absolute Gasteiger partial charge is 0.396 e. The van der Waals surface area contributed by atoms with Crippen molar-refractivity contribution in [3.8, 4) is 18.0 Å². The number of hydrogen-bond donors (Lipinski definition) is 1. The van der Waals surface area contributed by atoms with Crippen LogP contribution in [0, 0.1) is 12.3 Å². The predicted molar refractivity (Wildman–Crippen MR) is 113 cm³/mol. The van der Waals surface area contributed by atoms with Gasteiger partial charge in [-0.05, 0) is 13.0 Å². The second-order valence-electron chi connectivity index (χ2n) is 5.99. The third-order valence-electron chi connectivity index (χ3n) is 3.72. The zero-order valence-electron chi connectivity index (χ0n) is 16.5. The first-order chi connectivity index (χ1) is 14.8. The molecule has 0 saturated heterocycles. The van der Waals surface area contributed by atoms with Crippen molar-refractivity contribution in [1.82, 2.24) is 10.1 Å². The maximum Gasteiger partial charge on any atom is 0.389 e. The summed E-state index contributed by atoms with van der Waals surface area (Å²) in [4.78, 5) is 23.3. The van der Waals surface area contributed by atoms with Crippen LogP contribution in [0.25, 0.3) is 5.69 Å². The van der Waals surface area contributed by atoms with Crippen LogP contribution in [0.1, 0.15) is 13.3 Å². The first-order valence-electron chi connectivity index (χ1n) is 9.06. The van der Waals surface area contributed by atoms with Gasteiger partial charge in [-0.2, -0.15) is 24.9 Å². The van der Waals surface area contributed by atoms with Crippen molar-refractivity contribution < 1.29 is 27.5 Å². The zero-order valence-corrected chi connectivity index (χ0v) is 18.1. The molecule has 2 aromatic heterocycles. The van der Waals surface area contributed by atoms with E-state index in [2.05, 4.69) is 21.2 Å². The average Bonchev–Trinajstić information content (AvgIpc) is 3.12. The molecule has 7 nitrogen and oxygen atoms in total. The first-order valence-corrected chi connectivity index (χ1v) is 10.6. The molecule has 0 bridgehead atoms. The molecule has 2 rings (SSSR count). The third-order valence-corrected chi connectivity index (χ3v) is 4.97. The van der Waals surface area contributed by atoms with Crippen LogP contribution < -0.4 is 9.58 Å². The second-order valence-corrected chi connectivity index (χ2v) is 7.47. The van der Waals surface area contributed by atoms with Crippen molar-refractivity contribution in [3.63, 3.8) is 0 Å². The molecule has 0 unspecified atom stereocenters. The topological polar surface area (TPSA) is 74.5 Å². The summed E-state index contributed by atoms with van der Waals surface area (Å²) in [5.41, 5.74) is 0.863. The van der Waals surface area contributed by atoms with Crippen LogP contribution in [-0.4, -0.2) is 52.5 Å². The molecule has 0 aliphatic heterocycles. The van der Waals surface area contributed by atoms with Gasteiger partial charge in [-0.1, -0.05) is 27.4 Å². The van der Waals surface area contributed by atoms with Crippen LogP contribution in [0.4, 0.5) is 18.9 Å². The Balaban J connectivity index is 2.25. The molecular weight excluding hydrogens is 455 g/mol. The SMILES string of the molecule is C#CCN(C(=O)/C(CSCCC(F)(F)F)=N/OCC)c1c[n+](-c2cccnc2)[nH]c1Cl. The van der Waals surface area contributed by atoms with E-state index >= 15 is 0 Å². The molecule has 166 valence electrons. The fourth-order valence-electron chi connectivity index (χ4n) is 2.34. The Kier molecular flexibility index (Phi) is 9.21.